The fraction of sp³-hybridized carbons (Fsp3) is 0.154. The van der Waals surface area contributed by atoms with Gasteiger partial charge in [0.1, 0.15) is 5.82 Å². The zero-order chi connectivity index (χ0) is 14.5. The maximum atomic E-state index is 13.0. The average molecular weight is 279 g/mol. The second-order valence-electron chi connectivity index (χ2n) is 3.86. The van der Waals surface area contributed by atoms with E-state index in [1.54, 1.807) is 6.07 Å². The predicted molar refractivity (Wildman–Crippen MR) is 67.1 cm³/mol. The summed E-state index contributed by atoms with van der Waals surface area (Å²) in [5.74, 6) is -2.17. The molecule has 1 heterocycles. The van der Waals surface area contributed by atoms with Crippen molar-refractivity contribution in [3.63, 3.8) is 0 Å². The van der Waals surface area contributed by atoms with Gasteiger partial charge in [-0.25, -0.2) is 23.5 Å². The van der Waals surface area contributed by atoms with Gasteiger partial charge in [-0.2, -0.15) is 0 Å². The van der Waals surface area contributed by atoms with Crippen LogP contribution in [0, 0.1) is 11.6 Å². The zero-order valence-electron chi connectivity index (χ0n) is 10.6. The van der Waals surface area contributed by atoms with E-state index >= 15 is 0 Å². The molecular formula is C13H11F2N3O2. The van der Waals surface area contributed by atoms with Crippen LogP contribution in [0.5, 0.6) is 0 Å². The van der Waals surface area contributed by atoms with Crippen LogP contribution in [0.3, 0.4) is 0 Å². The maximum Gasteiger partial charge on any atom is 0.376 e. The van der Waals surface area contributed by atoms with Gasteiger partial charge in [-0.3, -0.25) is 0 Å². The molecule has 7 heteroatoms. The highest BCUT2D eigenvalue weighted by atomic mass is 19.2. The number of anilines is 1. The van der Waals surface area contributed by atoms with E-state index in [1.807, 2.05) is 0 Å². The summed E-state index contributed by atoms with van der Waals surface area (Å²) in [6.45, 7) is 0.231. The van der Waals surface area contributed by atoms with Crippen molar-refractivity contribution in [3.05, 3.63) is 53.5 Å². The molecular weight excluding hydrogens is 268 g/mol. The molecule has 0 amide bonds. The van der Waals surface area contributed by atoms with E-state index in [0.29, 0.717) is 11.4 Å². The number of hydrogen-bond donors (Lipinski definition) is 1. The molecule has 0 aliphatic rings. The monoisotopic (exact) mass is 279 g/mol. The van der Waals surface area contributed by atoms with Crippen LogP contribution in [0.15, 0.2) is 30.5 Å². The molecule has 0 unspecified atom stereocenters. The van der Waals surface area contributed by atoms with Crippen LogP contribution in [0.25, 0.3) is 0 Å². The van der Waals surface area contributed by atoms with Gasteiger partial charge >= 0.3 is 5.97 Å². The highest BCUT2D eigenvalue weighted by Gasteiger charge is 2.09. The summed E-state index contributed by atoms with van der Waals surface area (Å²) in [5.41, 5.74) is 0.544. The lowest BCUT2D eigenvalue weighted by atomic mass is 10.2. The second kappa shape index (κ2) is 6.05. The van der Waals surface area contributed by atoms with Crippen molar-refractivity contribution in [2.24, 2.45) is 0 Å². The third-order valence-corrected chi connectivity index (χ3v) is 2.48. The highest BCUT2D eigenvalue weighted by Crippen LogP contribution is 2.11. The largest absolute Gasteiger partial charge is 0.463 e. The van der Waals surface area contributed by atoms with Crippen molar-refractivity contribution >= 4 is 11.8 Å². The number of methoxy groups -OCH3 is 1. The molecule has 20 heavy (non-hydrogen) atoms. The Kier molecular flexibility index (Phi) is 4.19. The van der Waals surface area contributed by atoms with Crippen molar-refractivity contribution in [1.82, 2.24) is 9.97 Å². The molecule has 5 nitrogen and oxygen atoms in total. The number of benzene rings is 1. The first-order chi connectivity index (χ1) is 9.60. The van der Waals surface area contributed by atoms with Gasteiger partial charge in [-0.05, 0) is 23.8 Å². The standard InChI is InChI=1S/C13H11F2N3O2/c1-20-13(19)12-16-5-4-11(18-12)17-7-8-2-3-9(14)10(15)6-8/h2-6H,7H2,1H3,(H,16,17,18). The average Bonchev–Trinajstić information content (AvgIpc) is 2.48. The summed E-state index contributed by atoms with van der Waals surface area (Å²) < 4.78 is 30.3. The third kappa shape index (κ3) is 3.25. The van der Waals surface area contributed by atoms with Crippen LogP contribution in [0.4, 0.5) is 14.6 Å². The van der Waals surface area contributed by atoms with E-state index in [0.717, 1.165) is 12.1 Å². The Morgan fingerprint density at radius 3 is 2.80 bits per heavy atom. The lowest BCUT2D eigenvalue weighted by Gasteiger charge is -2.06. The number of nitrogens with one attached hydrogen (secondary N) is 1. The second-order valence-corrected chi connectivity index (χ2v) is 3.86. The van der Waals surface area contributed by atoms with Gasteiger partial charge in [0.2, 0.25) is 5.82 Å². The fourth-order valence-corrected chi connectivity index (χ4v) is 1.49. The quantitative estimate of drug-likeness (QED) is 0.869. The van der Waals surface area contributed by atoms with Crippen LogP contribution >= 0.6 is 0 Å². The number of rotatable bonds is 4. The normalized spacial score (nSPS) is 10.2. The van der Waals surface area contributed by atoms with Gasteiger partial charge in [-0.1, -0.05) is 6.07 Å². The number of nitrogens with zero attached hydrogens (tertiary/aromatic N) is 2. The molecule has 0 spiro atoms. The number of ether oxygens (including phenoxy) is 1. The van der Waals surface area contributed by atoms with Crippen LogP contribution in [-0.4, -0.2) is 23.0 Å². The van der Waals surface area contributed by atoms with E-state index in [9.17, 15) is 13.6 Å². The Labute approximate surface area is 113 Å². The van der Waals surface area contributed by atoms with Gasteiger partial charge < -0.3 is 10.1 Å². The van der Waals surface area contributed by atoms with Gasteiger partial charge in [0.25, 0.3) is 0 Å². The molecule has 104 valence electrons. The van der Waals surface area contributed by atoms with E-state index in [-0.39, 0.29) is 12.4 Å². The number of halogens is 2. The smallest absolute Gasteiger partial charge is 0.376 e. The van der Waals surface area contributed by atoms with E-state index < -0.39 is 17.6 Å². The number of carbonyl (C=O) groups is 1. The van der Waals surface area contributed by atoms with Crippen molar-refractivity contribution in [3.8, 4) is 0 Å². The Hall–Kier alpha value is -2.57. The van der Waals surface area contributed by atoms with E-state index in [4.69, 9.17) is 0 Å². The SMILES string of the molecule is COC(=O)c1nccc(NCc2ccc(F)c(F)c2)n1. The summed E-state index contributed by atoms with van der Waals surface area (Å²) in [6, 6.07) is 5.14. The number of hydrogen-bond acceptors (Lipinski definition) is 5. The molecule has 1 N–H and O–H groups in total. The molecule has 0 radical (unpaired) electrons. The summed E-state index contributed by atoms with van der Waals surface area (Å²) in [7, 11) is 1.23. The Balaban J connectivity index is 2.07. The summed E-state index contributed by atoms with van der Waals surface area (Å²) in [5, 5.41) is 2.88. The first-order valence-electron chi connectivity index (χ1n) is 5.69. The topological polar surface area (TPSA) is 64.1 Å². The van der Waals surface area contributed by atoms with E-state index in [2.05, 4.69) is 20.0 Å². The van der Waals surface area contributed by atoms with Gasteiger partial charge in [0.15, 0.2) is 11.6 Å². The molecule has 2 rings (SSSR count). The first-order valence-corrected chi connectivity index (χ1v) is 5.69. The Morgan fingerprint density at radius 1 is 1.30 bits per heavy atom. The third-order valence-electron chi connectivity index (χ3n) is 2.48. The number of esters is 1. The lowest BCUT2D eigenvalue weighted by molar-refractivity contribution is 0.0587. The Bertz CT molecular complexity index is 635. The predicted octanol–water partition coefficient (Wildman–Crippen LogP) is 2.15. The molecule has 2 aromatic rings. The Morgan fingerprint density at radius 2 is 2.10 bits per heavy atom. The van der Waals surface area contributed by atoms with Crippen LogP contribution in [0.1, 0.15) is 16.2 Å². The van der Waals surface area contributed by atoms with Gasteiger partial charge in [-0.15, -0.1) is 0 Å². The minimum atomic E-state index is -0.915. The molecule has 1 aromatic heterocycles. The summed E-state index contributed by atoms with van der Waals surface area (Å²) in [4.78, 5) is 18.9. The lowest BCUT2D eigenvalue weighted by Crippen LogP contribution is -2.10. The van der Waals surface area contributed by atoms with Crippen molar-refractivity contribution < 1.29 is 18.3 Å². The molecule has 0 saturated heterocycles. The van der Waals surface area contributed by atoms with Crippen LogP contribution in [-0.2, 0) is 11.3 Å². The zero-order valence-corrected chi connectivity index (χ0v) is 10.6. The number of aromatic nitrogens is 2. The minimum Gasteiger partial charge on any atom is -0.463 e. The van der Waals surface area contributed by atoms with Crippen LogP contribution < -0.4 is 5.32 Å². The molecule has 0 saturated carbocycles. The summed E-state index contributed by atoms with van der Waals surface area (Å²) in [6.07, 6.45) is 1.40. The summed E-state index contributed by atoms with van der Waals surface area (Å²) >= 11 is 0. The van der Waals surface area contributed by atoms with Crippen molar-refractivity contribution in [2.45, 2.75) is 6.54 Å². The molecule has 0 fully saturated rings. The molecule has 0 aliphatic heterocycles. The van der Waals surface area contributed by atoms with Crippen molar-refractivity contribution in [2.75, 3.05) is 12.4 Å². The van der Waals surface area contributed by atoms with Crippen molar-refractivity contribution in [1.29, 1.82) is 0 Å². The molecule has 0 aliphatic carbocycles. The first kappa shape index (κ1) is 13.9. The number of carbonyl (C=O) groups excluding carboxylic acids is 1. The maximum absolute atomic E-state index is 13.0. The van der Waals surface area contributed by atoms with Gasteiger partial charge in [0, 0.05) is 12.7 Å². The van der Waals surface area contributed by atoms with E-state index in [1.165, 1.54) is 19.4 Å². The molecule has 1 aromatic carbocycles. The minimum absolute atomic E-state index is 0.0808. The highest BCUT2D eigenvalue weighted by molar-refractivity contribution is 5.85. The van der Waals surface area contributed by atoms with Crippen LogP contribution in [0.2, 0.25) is 0 Å². The molecule has 0 atom stereocenters. The molecule has 0 bridgehead atoms. The van der Waals surface area contributed by atoms with Gasteiger partial charge in [0.05, 0.1) is 7.11 Å². The fourth-order valence-electron chi connectivity index (χ4n) is 1.49.